The molecule has 2 saturated heterocycles. The lowest BCUT2D eigenvalue weighted by molar-refractivity contribution is -0.359. The van der Waals surface area contributed by atoms with Gasteiger partial charge in [0.05, 0.1) is 32.0 Å². The Morgan fingerprint density at radius 1 is 0.456 bits per heavy atom. The van der Waals surface area contributed by atoms with Gasteiger partial charge in [-0.15, -0.1) is 0 Å². The van der Waals surface area contributed by atoms with Crippen molar-refractivity contribution in [2.75, 3.05) is 19.8 Å². The zero-order valence-corrected chi connectivity index (χ0v) is 50.1. The van der Waals surface area contributed by atoms with Gasteiger partial charge >= 0.3 is 0 Å². The predicted octanol–water partition coefficient (Wildman–Crippen LogP) is 12.2. The van der Waals surface area contributed by atoms with Crippen LogP contribution in [0.25, 0.3) is 0 Å². The summed E-state index contributed by atoms with van der Waals surface area (Å²) >= 11 is 0. The Morgan fingerprint density at radius 2 is 0.835 bits per heavy atom. The Kier molecular flexibility index (Phi) is 47.0. The highest BCUT2D eigenvalue weighted by molar-refractivity contribution is 5.76. The van der Waals surface area contributed by atoms with Crippen LogP contribution in [0.3, 0.4) is 0 Å². The Morgan fingerprint density at radius 3 is 1.27 bits per heavy atom. The van der Waals surface area contributed by atoms with Crippen LogP contribution in [0.15, 0.2) is 36.5 Å². The first-order valence-corrected chi connectivity index (χ1v) is 32.7. The summed E-state index contributed by atoms with van der Waals surface area (Å²) in [7, 11) is 0. The number of carbonyl (C=O) groups is 1. The van der Waals surface area contributed by atoms with E-state index in [4.69, 9.17) is 18.9 Å². The first kappa shape index (κ1) is 73.3. The van der Waals surface area contributed by atoms with Crippen LogP contribution in [0.2, 0.25) is 0 Å². The van der Waals surface area contributed by atoms with E-state index < -0.39 is 86.8 Å². The molecule has 0 saturated carbocycles. The molecule has 9 N–H and O–H groups in total. The number of unbranched alkanes of at least 4 members (excludes halogenated alkanes) is 36. The largest absolute Gasteiger partial charge is 0.394 e. The van der Waals surface area contributed by atoms with Gasteiger partial charge in [0, 0.05) is 6.42 Å². The van der Waals surface area contributed by atoms with Gasteiger partial charge in [-0.25, -0.2) is 0 Å². The second-order valence-corrected chi connectivity index (χ2v) is 23.2. The molecule has 0 spiro atoms. The van der Waals surface area contributed by atoms with E-state index in [9.17, 15) is 45.6 Å². The lowest BCUT2D eigenvalue weighted by Crippen LogP contribution is -2.65. The molecule has 2 aliphatic rings. The number of hydrogen-bond donors (Lipinski definition) is 9. The van der Waals surface area contributed by atoms with Crippen LogP contribution in [0.5, 0.6) is 0 Å². The fraction of sp³-hybridized carbons (Fsp3) is 0.892. The van der Waals surface area contributed by atoms with Crippen molar-refractivity contribution in [3.8, 4) is 0 Å². The average molecular weight is 1120 g/mol. The Labute approximate surface area is 481 Å². The molecule has 0 aliphatic carbocycles. The summed E-state index contributed by atoms with van der Waals surface area (Å²) in [6.07, 6.45) is 46.4. The van der Waals surface area contributed by atoms with Crippen LogP contribution >= 0.6 is 0 Å². The number of rotatable bonds is 53. The topological polar surface area (TPSA) is 228 Å². The molecular weight excluding hydrogens is 1000 g/mol. The molecule has 0 aromatic carbocycles. The number of aliphatic hydroxyl groups is 8. The third-order valence-electron chi connectivity index (χ3n) is 16.1. The van der Waals surface area contributed by atoms with Crippen molar-refractivity contribution in [3.63, 3.8) is 0 Å². The van der Waals surface area contributed by atoms with Crippen LogP contribution in [0.1, 0.15) is 277 Å². The fourth-order valence-corrected chi connectivity index (χ4v) is 10.8. The number of hydrogen-bond acceptors (Lipinski definition) is 13. The Balaban J connectivity index is 1.61. The first-order chi connectivity index (χ1) is 38.6. The van der Waals surface area contributed by atoms with Gasteiger partial charge in [-0.2, -0.15) is 0 Å². The van der Waals surface area contributed by atoms with Crippen molar-refractivity contribution in [1.29, 1.82) is 0 Å². The van der Waals surface area contributed by atoms with E-state index in [2.05, 4.69) is 43.5 Å². The number of ether oxygens (including phenoxy) is 4. The average Bonchev–Trinajstić information content (AvgIpc) is 3.49. The molecule has 0 bridgehead atoms. The van der Waals surface area contributed by atoms with Crippen LogP contribution < -0.4 is 5.32 Å². The monoisotopic (exact) mass is 1120 g/mol. The summed E-state index contributed by atoms with van der Waals surface area (Å²) < 4.78 is 22.8. The zero-order valence-electron chi connectivity index (χ0n) is 50.1. The molecule has 2 fully saturated rings. The Bertz CT molecular complexity index is 1460. The van der Waals surface area contributed by atoms with Crippen molar-refractivity contribution in [2.45, 2.75) is 351 Å². The van der Waals surface area contributed by atoms with Gasteiger partial charge in [0.25, 0.3) is 0 Å². The predicted molar refractivity (Wildman–Crippen MR) is 318 cm³/mol. The summed E-state index contributed by atoms with van der Waals surface area (Å²) in [6.45, 7) is 2.79. The summed E-state index contributed by atoms with van der Waals surface area (Å²) in [5.41, 5.74) is 0. The van der Waals surface area contributed by atoms with E-state index in [0.717, 1.165) is 44.9 Å². The van der Waals surface area contributed by atoms with Crippen LogP contribution in [0.4, 0.5) is 0 Å². The summed E-state index contributed by atoms with van der Waals surface area (Å²) in [5, 5.41) is 87.1. The van der Waals surface area contributed by atoms with Crippen LogP contribution in [0, 0.1) is 0 Å². The molecule has 0 aromatic rings. The van der Waals surface area contributed by atoms with Crippen molar-refractivity contribution in [1.82, 2.24) is 5.32 Å². The van der Waals surface area contributed by atoms with Gasteiger partial charge in [-0.1, -0.05) is 256 Å². The molecular formula is C65H121NO13. The molecule has 12 unspecified atom stereocenters. The smallest absolute Gasteiger partial charge is 0.220 e. The van der Waals surface area contributed by atoms with E-state index in [1.165, 1.54) is 205 Å². The van der Waals surface area contributed by atoms with E-state index >= 15 is 0 Å². The van der Waals surface area contributed by atoms with E-state index in [0.29, 0.717) is 6.42 Å². The fourth-order valence-electron chi connectivity index (χ4n) is 10.8. The number of carbonyl (C=O) groups excluding carboxylic acids is 1. The van der Waals surface area contributed by atoms with Crippen molar-refractivity contribution in [3.05, 3.63) is 36.5 Å². The van der Waals surface area contributed by atoms with Gasteiger partial charge in [0.1, 0.15) is 48.8 Å². The van der Waals surface area contributed by atoms with E-state index in [1.807, 2.05) is 6.08 Å². The van der Waals surface area contributed by atoms with Crippen molar-refractivity contribution >= 4 is 5.91 Å². The van der Waals surface area contributed by atoms with Gasteiger partial charge in [0.15, 0.2) is 12.6 Å². The molecule has 14 nitrogen and oxygen atoms in total. The van der Waals surface area contributed by atoms with Gasteiger partial charge in [-0.05, 0) is 51.4 Å². The maximum Gasteiger partial charge on any atom is 0.220 e. The molecule has 14 heteroatoms. The number of nitrogens with one attached hydrogen (secondary N) is 1. The maximum atomic E-state index is 13.3. The van der Waals surface area contributed by atoms with Crippen LogP contribution in [-0.2, 0) is 23.7 Å². The lowest BCUT2D eigenvalue weighted by atomic mass is 9.97. The van der Waals surface area contributed by atoms with Gasteiger partial charge in [0.2, 0.25) is 5.91 Å². The Hall–Kier alpha value is -1.79. The summed E-state index contributed by atoms with van der Waals surface area (Å²) in [5.74, 6) is -0.236. The quantitative estimate of drug-likeness (QED) is 0.0204. The molecule has 2 aliphatic heterocycles. The lowest BCUT2D eigenvalue weighted by Gasteiger charge is -2.46. The molecule has 0 radical (unpaired) electrons. The third-order valence-corrected chi connectivity index (χ3v) is 16.1. The molecule has 12 atom stereocenters. The highest BCUT2D eigenvalue weighted by atomic mass is 16.7. The highest BCUT2D eigenvalue weighted by Gasteiger charge is 2.51. The standard InChI is InChI=1S/C65H121NO13/c1-3-5-7-9-11-13-15-17-18-19-20-21-22-23-24-25-26-27-28-29-30-31-32-33-34-35-36-37-39-41-43-45-47-49-57(70)66-53(54(69)48-46-44-42-40-38-16-14-12-10-8-6-4-2)52-76-64-62(75)60(73)63(56(51-68)78-64)79-65-61(74)59(72)58(71)55(50-67)77-65/h15,17,19-20,46,48,53-56,58-65,67-69,71-75H,3-14,16,18,21-45,47,49-52H2,1-2H3,(H,66,70)/b17-15-,20-19-,48-46+. The zero-order chi connectivity index (χ0) is 57.4. The maximum absolute atomic E-state index is 13.3. The normalized spacial score (nSPS) is 24.6. The third kappa shape index (κ3) is 35.8. The number of amides is 1. The molecule has 2 rings (SSSR count). The first-order valence-electron chi connectivity index (χ1n) is 32.7. The minimum absolute atomic E-state index is 0.236. The SMILES string of the molecule is CCCCCCC/C=C\C/C=C\CCCCCCCCCCCCCCCCCCCCCCCC(=O)NC(COC1OC(CO)C(OC2OC(CO)C(O)C(O)C2O)C(O)C1O)C(O)/C=C/CCCCCCCCCCCC. The minimum atomic E-state index is -1.79. The molecule has 2 heterocycles. The molecule has 0 aromatic heterocycles. The second kappa shape index (κ2) is 50.7. The van der Waals surface area contributed by atoms with E-state index in [1.54, 1.807) is 6.08 Å². The summed E-state index contributed by atoms with van der Waals surface area (Å²) in [6, 6.07) is -0.911. The van der Waals surface area contributed by atoms with Gasteiger partial charge in [-0.3, -0.25) is 4.79 Å². The highest BCUT2D eigenvalue weighted by Crippen LogP contribution is 2.30. The second-order valence-electron chi connectivity index (χ2n) is 23.2. The number of allylic oxidation sites excluding steroid dienone is 5. The van der Waals surface area contributed by atoms with E-state index in [-0.39, 0.29) is 18.9 Å². The van der Waals surface area contributed by atoms with Gasteiger partial charge < -0.3 is 65.1 Å². The number of aliphatic hydroxyl groups excluding tert-OH is 8. The van der Waals surface area contributed by atoms with Crippen LogP contribution in [-0.4, -0.2) is 140 Å². The van der Waals surface area contributed by atoms with Crippen molar-refractivity contribution < 1.29 is 64.6 Å². The molecule has 464 valence electrons. The minimum Gasteiger partial charge on any atom is -0.394 e. The van der Waals surface area contributed by atoms with Crippen molar-refractivity contribution in [2.24, 2.45) is 0 Å². The molecule has 1 amide bonds. The molecule has 79 heavy (non-hydrogen) atoms. The summed E-state index contributed by atoms with van der Waals surface area (Å²) in [4.78, 5) is 13.3.